The molecule has 0 aliphatic carbocycles. The first kappa shape index (κ1) is 63.2. The summed E-state index contributed by atoms with van der Waals surface area (Å²) in [7, 11) is 1.50. The van der Waals surface area contributed by atoms with Crippen LogP contribution in [0, 0.1) is 23.0 Å². The van der Waals surface area contributed by atoms with Gasteiger partial charge in [-0.15, -0.1) is 0 Å². The number of halogens is 2. The van der Waals surface area contributed by atoms with Gasteiger partial charge in [-0.2, -0.15) is 11.8 Å². The Labute approximate surface area is 406 Å². The molecule has 1 heterocycles. The quantitative estimate of drug-likeness (QED) is 0.0359. The molecule has 3 rings (SSSR count). The van der Waals surface area contributed by atoms with Crippen LogP contribution in [0.1, 0.15) is 71.6 Å². The van der Waals surface area contributed by atoms with Crippen molar-refractivity contribution in [2.75, 3.05) is 97.6 Å². The second-order valence-electron chi connectivity index (χ2n) is 16.5. The van der Waals surface area contributed by atoms with Crippen molar-refractivity contribution in [3.8, 4) is 11.1 Å². The maximum absolute atomic E-state index is 14.2. The largest absolute Gasteiger partial charge is 0.481 e. The first-order valence-electron chi connectivity index (χ1n) is 22.8. The number of carbonyl (C=O) groups is 5. The van der Waals surface area contributed by atoms with Crippen LogP contribution in [-0.4, -0.2) is 137 Å². The van der Waals surface area contributed by atoms with Crippen LogP contribution in [0.3, 0.4) is 0 Å². The van der Waals surface area contributed by atoms with Gasteiger partial charge in [-0.1, -0.05) is 65.0 Å². The number of nitrogens with zero attached hydrogens (tertiary/aromatic N) is 1. The molecule has 0 bridgehead atoms. The highest BCUT2D eigenvalue weighted by atomic mass is 32.2. The second kappa shape index (κ2) is 40.2. The van der Waals surface area contributed by atoms with Crippen LogP contribution in [0.25, 0.3) is 11.1 Å². The molecule has 68 heavy (non-hydrogen) atoms. The summed E-state index contributed by atoms with van der Waals surface area (Å²) in [5.41, 5.74) is 13.2. The van der Waals surface area contributed by atoms with E-state index in [0.29, 0.717) is 115 Å². The number of aliphatic carboxylic acids is 1. The van der Waals surface area contributed by atoms with E-state index in [0.717, 1.165) is 30.9 Å². The monoisotopic (exact) mass is 981 g/mol. The Morgan fingerprint density at radius 3 is 1.99 bits per heavy atom. The minimum atomic E-state index is -0.832. The molecule has 0 saturated heterocycles. The lowest BCUT2D eigenvalue weighted by Crippen LogP contribution is -2.38. The van der Waals surface area contributed by atoms with Crippen LogP contribution in [0.4, 0.5) is 8.78 Å². The SMILES string of the molecule is CC(C)(C)Cc1cc(-c2cc(F)ccc2F)cn1Cc1ccccc1.CC(C)CC(=O)NCC(=O)NCCOCCOCCOCCOCCC=O.CN.NCCCNC(=O)CSCCC(=O)O. The Balaban J connectivity index is 0.00000102. The summed E-state index contributed by atoms with van der Waals surface area (Å²) >= 11 is 1.32. The maximum Gasteiger partial charge on any atom is 0.304 e. The number of thioether (sulfide) groups is 1. The third kappa shape index (κ3) is 35.4. The van der Waals surface area contributed by atoms with Crippen LogP contribution < -0.4 is 27.4 Å². The number of benzene rings is 2. The van der Waals surface area contributed by atoms with Gasteiger partial charge in [-0.3, -0.25) is 19.2 Å². The summed E-state index contributed by atoms with van der Waals surface area (Å²) < 4.78 is 51.0. The molecular formula is C49H78F2N6O10S. The maximum atomic E-state index is 14.2. The molecule has 3 aromatic rings. The lowest BCUT2D eigenvalue weighted by atomic mass is 9.90. The number of carboxylic acids is 1. The first-order chi connectivity index (χ1) is 32.5. The highest BCUT2D eigenvalue weighted by Gasteiger charge is 2.18. The average Bonchev–Trinajstić information content (AvgIpc) is 3.67. The molecule has 0 aliphatic heterocycles. The van der Waals surface area contributed by atoms with Gasteiger partial charge in [0.2, 0.25) is 17.7 Å². The van der Waals surface area contributed by atoms with Crippen LogP contribution >= 0.6 is 11.8 Å². The summed E-state index contributed by atoms with van der Waals surface area (Å²) in [5.74, 6) is -1.02. The van der Waals surface area contributed by atoms with Crippen molar-refractivity contribution in [1.82, 2.24) is 20.5 Å². The molecule has 2 aromatic carbocycles. The minimum Gasteiger partial charge on any atom is -0.481 e. The summed E-state index contributed by atoms with van der Waals surface area (Å²) in [6.07, 6.45) is 5.28. The molecule has 0 fully saturated rings. The third-order valence-corrected chi connectivity index (χ3v) is 9.59. The molecule has 0 saturated carbocycles. The Bertz CT molecular complexity index is 1820. The fourth-order valence-corrected chi connectivity index (χ4v) is 6.34. The number of aromatic nitrogens is 1. The second-order valence-corrected chi connectivity index (χ2v) is 17.6. The van der Waals surface area contributed by atoms with Crippen molar-refractivity contribution in [3.05, 3.63) is 83.7 Å². The van der Waals surface area contributed by atoms with E-state index in [4.69, 9.17) is 29.8 Å². The fourth-order valence-electron chi connectivity index (χ4n) is 5.59. The number of nitrogens with one attached hydrogen (secondary N) is 3. The zero-order valence-corrected chi connectivity index (χ0v) is 41.8. The topological polar surface area (TPSA) is 236 Å². The van der Waals surface area contributed by atoms with Crippen molar-refractivity contribution in [2.45, 2.75) is 73.3 Å². The summed E-state index contributed by atoms with van der Waals surface area (Å²) in [4.78, 5) is 54.2. The van der Waals surface area contributed by atoms with E-state index in [1.165, 1.54) is 36.5 Å². The first-order valence-corrected chi connectivity index (χ1v) is 24.0. The molecule has 0 spiro atoms. The Hall–Kier alpha value is -4.76. The molecule has 0 radical (unpaired) electrons. The third-order valence-electron chi connectivity index (χ3n) is 8.63. The van der Waals surface area contributed by atoms with E-state index < -0.39 is 17.6 Å². The number of carboxylic acid groups (broad SMARTS) is 1. The number of hydrogen-bond acceptors (Lipinski definition) is 12. The Morgan fingerprint density at radius 2 is 1.41 bits per heavy atom. The van der Waals surface area contributed by atoms with Crippen LogP contribution in [0.5, 0.6) is 0 Å². The summed E-state index contributed by atoms with van der Waals surface area (Å²) in [5, 5.41) is 16.2. The van der Waals surface area contributed by atoms with Crippen LogP contribution in [0.2, 0.25) is 0 Å². The smallest absolute Gasteiger partial charge is 0.304 e. The van der Waals surface area contributed by atoms with Crippen molar-refractivity contribution in [2.24, 2.45) is 22.8 Å². The lowest BCUT2D eigenvalue weighted by Gasteiger charge is -2.19. The van der Waals surface area contributed by atoms with Crippen molar-refractivity contribution in [1.29, 1.82) is 0 Å². The van der Waals surface area contributed by atoms with E-state index in [1.54, 1.807) is 0 Å². The predicted octanol–water partition coefficient (Wildman–Crippen LogP) is 5.22. The molecule has 0 unspecified atom stereocenters. The number of nitrogens with two attached hydrogens (primary N) is 2. The summed E-state index contributed by atoms with van der Waals surface area (Å²) in [6, 6.07) is 15.7. The molecule has 0 aliphatic rings. The van der Waals surface area contributed by atoms with Gasteiger partial charge in [0.15, 0.2) is 0 Å². The highest BCUT2D eigenvalue weighted by Crippen LogP contribution is 2.30. The van der Waals surface area contributed by atoms with E-state index in [2.05, 4.69) is 59.2 Å². The number of aldehydes is 1. The van der Waals surface area contributed by atoms with E-state index in [1.807, 2.05) is 44.3 Å². The molecule has 3 amide bonds. The van der Waals surface area contributed by atoms with Gasteiger partial charge in [0.05, 0.1) is 71.6 Å². The van der Waals surface area contributed by atoms with E-state index in [9.17, 15) is 32.8 Å². The minimum absolute atomic E-state index is 0.0171. The number of ether oxygens (including phenoxy) is 4. The van der Waals surface area contributed by atoms with Crippen molar-refractivity contribution >= 4 is 41.7 Å². The van der Waals surface area contributed by atoms with Crippen LogP contribution in [0.15, 0.2) is 60.8 Å². The number of rotatable bonds is 31. The Morgan fingerprint density at radius 1 is 0.809 bits per heavy atom. The number of carbonyl (C=O) groups excluding carboxylic acids is 4. The zero-order valence-electron chi connectivity index (χ0n) is 41.0. The average molecular weight is 981 g/mol. The van der Waals surface area contributed by atoms with Crippen LogP contribution in [-0.2, 0) is 55.9 Å². The molecule has 8 N–H and O–H groups in total. The normalized spacial score (nSPS) is 10.7. The van der Waals surface area contributed by atoms with Gasteiger partial charge >= 0.3 is 5.97 Å². The predicted molar refractivity (Wildman–Crippen MR) is 264 cm³/mol. The summed E-state index contributed by atoms with van der Waals surface area (Å²) in [6.45, 7) is 16.2. The standard InChI is InChI=1S/C22H23F2N.C18H34N2O7.C8H16N2O3S.CH5N/c1-22(2,3)13-19-11-17(20-12-18(23)9-10-21(20)24)15-25(19)14-16-7-5-4-6-8-16;1-16(2)14-17(22)20-15-18(23)19-4-7-25-9-11-27-13-12-26-10-8-24-6-3-5-21;9-3-1-4-10-7(11)6-14-5-2-8(12)13;1-2/h4-12,15H,13-14H2,1-3H3;5,16H,3-4,6-15H2,1-2H3,(H,19,23)(H,20,22);1-6,9H2,(H,10,11)(H,12,13);2H2,1H3. The number of amides is 3. The van der Waals surface area contributed by atoms with Crippen molar-refractivity contribution < 1.29 is 56.8 Å². The van der Waals surface area contributed by atoms with E-state index >= 15 is 0 Å². The van der Waals surface area contributed by atoms with Gasteiger partial charge in [-0.05, 0) is 67.6 Å². The fraction of sp³-hybridized carbons (Fsp3) is 0.571. The van der Waals surface area contributed by atoms with E-state index in [-0.39, 0.29) is 42.0 Å². The zero-order chi connectivity index (χ0) is 51.0. The van der Waals surface area contributed by atoms with Crippen molar-refractivity contribution in [3.63, 3.8) is 0 Å². The molecule has 1 aromatic heterocycles. The lowest BCUT2D eigenvalue weighted by molar-refractivity contribution is -0.136. The van der Waals surface area contributed by atoms with Gasteiger partial charge < -0.3 is 60.8 Å². The highest BCUT2D eigenvalue weighted by molar-refractivity contribution is 7.99. The van der Waals surface area contributed by atoms with Gasteiger partial charge in [-0.25, -0.2) is 8.78 Å². The molecule has 0 atom stereocenters. The van der Waals surface area contributed by atoms with Gasteiger partial charge in [0, 0.05) is 61.2 Å². The molecule has 19 heteroatoms. The molecule has 16 nitrogen and oxygen atoms in total. The number of hydrogen-bond donors (Lipinski definition) is 6. The van der Waals surface area contributed by atoms with Gasteiger partial charge in [0.25, 0.3) is 0 Å². The van der Waals surface area contributed by atoms with Gasteiger partial charge in [0.1, 0.15) is 17.9 Å². The molecule has 384 valence electrons. The Kier molecular flexibility index (Phi) is 37.3. The molecular weight excluding hydrogens is 903 g/mol.